The van der Waals surface area contributed by atoms with Crippen LogP contribution in [-0.4, -0.2) is 42.6 Å². The molecule has 0 spiro atoms. The number of halogens is 8. The molecule has 0 saturated heterocycles. The van der Waals surface area contributed by atoms with Crippen LogP contribution >= 0.6 is 7.82 Å². The van der Waals surface area contributed by atoms with E-state index in [9.17, 15) is 49.6 Å². The van der Waals surface area contributed by atoms with Gasteiger partial charge in [-0.2, -0.15) is 0 Å². The second-order valence-electron chi connectivity index (χ2n) is 11.5. The highest BCUT2D eigenvalue weighted by Crippen LogP contribution is 2.53. The molecule has 0 amide bonds. The van der Waals surface area contributed by atoms with Gasteiger partial charge in [0.25, 0.3) is 0 Å². The quantitative estimate of drug-likeness (QED) is 0.0589. The fraction of sp³-hybridized carbons (Fsp3) is 0.250. The first-order valence-corrected chi connectivity index (χ1v) is 17.5. The minimum Gasteiger partial charge on any atom is -0.485 e. The summed E-state index contributed by atoms with van der Waals surface area (Å²) in [6, 6.07) is 21.3. The molecular weight excluding hydrogens is 791 g/mol. The molecule has 0 aromatic heterocycles. The first-order valence-electron chi connectivity index (χ1n) is 16.1. The van der Waals surface area contributed by atoms with Crippen molar-refractivity contribution in [2.75, 3.05) is 6.61 Å². The first kappa shape index (κ1) is 42.0. The lowest BCUT2D eigenvalue weighted by Gasteiger charge is -2.27. The summed E-state index contributed by atoms with van der Waals surface area (Å²) in [6.07, 6.45) is -14.0. The van der Waals surface area contributed by atoms with E-state index >= 15 is 0 Å². The predicted molar refractivity (Wildman–Crippen MR) is 175 cm³/mol. The van der Waals surface area contributed by atoms with Crippen molar-refractivity contribution in [3.63, 3.8) is 0 Å². The van der Waals surface area contributed by atoms with E-state index in [2.05, 4.69) is 9.47 Å². The highest BCUT2D eigenvalue weighted by molar-refractivity contribution is 7.48. The molecule has 0 bridgehead atoms. The molecule has 1 aliphatic rings. The Morgan fingerprint density at radius 2 is 1.12 bits per heavy atom. The summed E-state index contributed by atoms with van der Waals surface area (Å²) >= 11 is 0. The van der Waals surface area contributed by atoms with Gasteiger partial charge < -0.3 is 28.8 Å². The molecule has 300 valence electrons. The Morgan fingerprint density at radius 1 is 0.661 bits per heavy atom. The number of aliphatic hydroxyl groups excluding tert-OH is 1. The number of esters is 1. The standard InChI is InChI=1S/C36H29F8O11P/c37-26-15-24(11-13-28(26)53-35(39,40)41)18-48-32-31(52-34(46)33(32)49-19-25-12-14-29(27(38)16-25)54-36(42,43)44)30(17-45)55-56(47,50-20-22-7-3-1-4-8-22)51-21-23-9-5-2-6-10-23/h1-16,30-31,45H,17-21H2/t30-,31+/m0/s1. The molecule has 0 fully saturated rings. The maximum atomic E-state index is 14.5. The van der Waals surface area contributed by atoms with Crippen LogP contribution in [0.1, 0.15) is 22.3 Å². The zero-order valence-electron chi connectivity index (χ0n) is 28.4. The van der Waals surface area contributed by atoms with Gasteiger partial charge >= 0.3 is 26.5 Å². The summed E-state index contributed by atoms with van der Waals surface area (Å²) in [5, 5.41) is 10.4. The third-order valence-corrected chi connectivity index (χ3v) is 8.79. The second kappa shape index (κ2) is 18.2. The largest absolute Gasteiger partial charge is 0.573 e. The van der Waals surface area contributed by atoms with Crippen LogP contribution in [0.2, 0.25) is 0 Å². The number of benzene rings is 4. The summed E-state index contributed by atoms with van der Waals surface area (Å²) in [7, 11) is -4.70. The first-order chi connectivity index (χ1) is 26.5. The van der Waals surface area contributed by atoms with E-state index in [0.717, 1.165) is 12.1 Å². The van der Waals surface area contributed by atoms with Crippen LogP contribution in [-0.2, 0) is 63.6 Å². The molecule has 1 aliphatic heterocycles. The van der Waals surface area contributed by atoms with Crippen molar-refractivity contribution in [3.8, 4) is 11.5 Å². The predicted octanol–water partition coefficient (Wildman–Crippen LogP) is 8.55. The van der Waals surface area contributed by atoms with Crippen molar-refractivity contribution in [2.45, 2.75) is 51.4 Å². The lowest BCUT2D eigenvalue weighted by atomic mass is 10.1. The molecule has 1 N–H and O–H groups in total. The summed E-state index contributed by atoms with van der Waals surface area (Å²) in [4.78, 5) is 13.2. The summed E-state index contributed by atoms with van der Waals surface area (Å²) in [5.41, 5.74) is 0.847. The van der Waals surface area contributed by atoms with Crippen LogP contribution in [0.3, 0.4) is 0 Å². The number of hydrogen-bond donors (Lipinski definition) is 1. The zero-order chi connectivity index (χ0) is 40.5. The Morgan fingerprint density at radius 3 is 1.55 bits per heavy atom. The van der Waals surface area contributed by atoms with E-state index in [0.29, 0.717) is 35.4 Å². The van der Waals surface area contributed by atoms with Gasteiger partial charge in [-0.3, -0.25) is 13.6 Å². The number of carbonyl (C=O) groups is 1. The second-order valence-corrected chi connectivity index (χ2v) is 13.1. The number of ether oxygens (including phenoxy) is 5. The summed E-state index contributed by atoms with van der Waals surface area (Å²) in [6.45, 7) is -3.07. The van der Waals surface area contributed by atoms with Crippen LogP contribution in [0.25, 0.3) is 0 Å². The van der Waals surface area contributed by atoms with Gasteiger partial charge in [0, 0.05) is 0 Å². The van der Waals surface area contributed by atoms with Crippen molar-refractivity contribution in [1.29, 1.82) is 0 Å². The molecular formula is C36H29F8O11P. The van der Waals surface area contributed by atoms with Crippen LogP contribution in [0.15, 0.2) is 109 Å². The monoisotopic (exact) mass is 820 g/mol. The molecule has 2 atom stereocenters. The Bertz CT molecular complexity index is 1980. The fourth-order valence-corrected chi connectivity index (χ4v) is 6.20. The smallest absolute Gasteiger partial charge is 0.485 e. The van der Waals surface area contributed by atoms with E-state index in [-0.39, 0.29) is 24.3 Å². The molecule has 0 unspecified atom stereocenters. The normalized spacial score (nSPS) is 15.4. The molecule has 20 heteroatoms. The topological polar surface area (TPSA) is 128 Å². The Kier molecular flexibility index (Phi) is 13.6. The van der Waals surface area contributed by atoms with Crippen LogP contribution in [0.5, 0.6) is 11.5 Å². The van der Waals surface area contributed by atoms with Gasteiger partial charge in [0.15, 0.2) is 35.0 Å². The van der Waals surface area contributed by atoms with Crippen molar-refractivity contribution >= 4 is 13.8 Å². The lowest BCUT2D eigenvalue weighted by Crippen LogP contribution is -2.35. The number of hydrogen-bond acceptors (Lipinski definition) is 11. The van der Waals surface area contributed by atoms with Crippen molar-refractivity contribution in [2.24, 2.45) is 0 Å². The summed E-state index contributed by atoms with van der Waals surface area (Å²) in [5.74, 6) is -7.80. The van der Waals surface area contributed by atoms with Crippen LogP contribution in [0.4, 0.5) is 35.1 Å². The van der Waals surface area contributed by atoms with E-state index in [1.54, 1.807) is 60.7 Å². The number of carbonyl (C=O) groups excluding carboxylic acids is 1. The molecule has 0 saturated carbocycles. The van der Waals surface area contributed by atoms with Gasteiger partial charge in [-0.25, -0.2) is 18.1 Å². The molecule has 4 aromatic carbocycles. The van der Waals surface area contributed by atoms with E-state index in [1.165, 1.54) is 0 Å². The average Bonchev–Trinajstić information content (AvgIpc) is 3.46. The number of aliphatic hydroxyl groups is 1. The third-order valence-electron chi connectivity index (χ3n) is 7.37. The van der Waals surface area contributed by atoms with Gasteiger partial charge in [0.2, 0.25) is 5.76 Å². The highest BCUT2D eigenvalue weighted by atomic mass is 31.2. The van der Waals surface area contributed by atoms with Gasteiger partial charge in [0.05, 0.1) is 19.8 Å². The molecule has 0 aliphatic carbocycles. The van der Waals surface area contributed by atoms with Crippen LogP contribution < -0.4 is 9.47 Å². The number of cyclic esters (lactones) is 1. The van der Waals surface area contributed by atoms with Crippen molar-refractivity contribution in [3.05, 3.63) is 142 Å². The van der Waals surface area contributed by atoms with E-state index in [1.807, 2.05) is 0 Å². The highest BCUT2D eigenvalue weighted by Gasteiger charge is 2.46. The molecule has 56 heavy (non-hydrogen) atoms. The third kappa shape index (κ3) is 12.1. The van der Waals surface area contributed by atoms with Crippen molar-refractivity contribution in [1.82, 2.24) is 0 Å². The maximum Gasteiger partial charge on any atom is 0.573 e. The molecule has 1 heterocycles. The van der Waals surface area contributed by atoms with Gasteiger partial charge in [-0.1, -0.05) is 72.8 Å². The summed E-state index contributed by atoms with van der Waals surface area (Å²) < 4.78 is 160. The molecule has 4 aromatic rings. The Balaban J connectivity index is 1.43. The Hall–Kier alpha value is -5.20. The molecule has 11 nitrogen and oxygen atoms in total. The minimum absolute atomic E-state index is 0.117. The average molecular weight is 821 g/mol. The maximum absolute atomic E-state index is 14.5. The lowest BCUT2D eigenvalue weighted by molar-refractivity contribution is -0.276. The van der Waals surface area contributed by atoms with E-state index in [4.69, 9.17) is 27.8 Å². The van der Waals surface area contributed by atoms with Gasteiger partial charge in [0.1, 0.15) is 19.3 Å². The molecule has 0 radical (unpaired) electrons. The Labute approximate surface area is 312 Å². The van der Waals surface area contributed by atoms with E-state index < -0.39 is 93.2 Å². The van der Waals surface area contributed by atoms with Gasteiger partial charge in [-0.05, 0) is 46.5 Å². The minimum atomic E-state index is -5.20. The number of rotatable bonds is 18. The fourth-order valence-electron chi connectivity index (χ4n) is 4.88. The zero-order valence-corrected chi connectivity index (χ0v) is 29.3. The van der Waals surface area contributed by atoms with Gasteiger partial charge in [-0.15, -0.1) is 26.3 Å². The number of phosphoric acid groups is 1. The van der Waals surface area contributed by atoms with Crippen molar-refractivity contribution < 1.29 is 86.8 Å². The van der Waals surface area contributed by atoms with Crippen LogP contribution in [0, 0.1) is 11.6 Å². The number of phosphoric ester groups is 1. The SMILES string of the molecule is O=C1O[C@H]([C@H](CO)OP(=O)(OCc2ccccc2)OCc2ccccc2)C(OCc2ccc(OC(F)(F)F)c(F)c2)=C1OCc1ccc(OC(F)(F)F)c(F)c1. The number of alkyl halides is 6. The molecule has 5 rings (SSSR count).